The molecule has 1 aliphatic carbocycles. The highest BCUT2D eigenvalue weighted by Gasteiger charge is 2.34. The zero-order valence-electron chi connectivity index (χ0n) is 10.3. The molecule has 1 saturated heterocycles. The van der Waals surface area contributed by atoms with E-state index in [0.717, 1.165) is 43.5 Å². The van der Waals surface area contributed by atoms with Crippen LogP contribution in [-0.2, 0) is 4.79 Å². The lowest BCUT2D eigenvalue weighted by atomic mass is 10.2. The molecule has 0 unspecified atom stereocenters. The summed E-state index contributed by atoms with van der Waals surface area (Å²) in [5.74, 6) is 0.728. The van der Waals surface area contributed by atoms with Crippen molar-refractivity contribution in [3.05, 3.63) is 28.7 Å². The lowest BCUT2D eigenvalue weighted by Crippen LogP contribution is -2.49. The summed E-state index contributed by atoms with van der Waals surface area (Å²) in [7, 11) is 0. The van der Waals surface area contributed by atoms with Crippen LogP contribution in [0, 0.1) is 5.92 Å². The minimum Gasteiger partial charge on any atom is -0.368 e. The van der Waals surface area contributed by atoms with Gasteiger partial charge in [0.05, 0.1) is 0 Å². The zero-order valence-corrected chi connectivity index (χ0v) is 11.9. The molecule has 4 heteroatoms. The molecular formula is C14H17BrN2O. The highest BCUT2D eigenvalue weighted by molar-refractivity contribution is 9.10. The van der Waals surface area contributed by atoms with Gasteiger partial charge in [-0.2, -0.15) is 0 Å². The van der Waals surface area contributed by atoms with E-state index >= 15 is 0 Å². The van der Waals surface area contributed by atoms with Crippen LogP contribution in [0.15, 0.2) is 28.7 Å². The molecule has 2 aliphatic rings. The summed E-state index contributed by atoms with van der Waals surface area (Å²) < 4.78 is 1.11. The fraction of sp³-hybridized carbons (Fsp3) is 0.500. The second-order valence-corrected chi connectivity index (χ2v) is 5.98. The first-order valence-electron chi connectivity index (χ1n) is 6.53. The van der Waals surface area contributed by atoms with Gasteiger partial charge in [-0.25, -0.2) is 0 Å². The number of carbonyl (C=O) groups excluding carboxylic acids is 1. The fourth-order valence-corrected chi connectivity index (χ4v) is 2.83. The Morgan fingerprint density at radius 3 is 2.50 bits per heavy atom. The van der Waals surface area contributed by atoms with Crippen LogP contribution in [-0.4, -0.2) is 37.0 Å². The van der Waals surface area contributed by atoms with Gasteiger partial charge >= 0.3 is 0 Å². The topological polar surface area (TPSA) is 23.6 Å². The first-order chi connectivity index (χ1) is 8.74. The normalized spacial score (nSPS) is 20.1. The molecule has 1 aliphatic heterocycles. The van der Waals surface area contributed by atoms with E-state index in [-0.39, 0.29) is 0 Å². The molecule has 3 nitrogen and oxygen atoms in total. The quantitative estimate of drug-likeness (QED) is 0.838. The fourth-order valence-electron chi connectivity index (χ4n) is 2.45. The van der Waals surface area contributed by atoms with Crippen molar-refractivity contribution in [2.24, 2.45) is 5.92 Å². The number of hydrogen-bond donors (Lipinski definition) is 0. The van der Waals surface area contributed by atoms with Crippen molar-refractivity contribution >= 4 is 27.5 Å². The van der Waals surface area contributed by atoms with Crippen LogP contribution in [0.3, 0.4) is 0 Å². The monoisotopic (exact) mass is 308 g/mol. The van der Waals surface area contributed by atoms with E-state index in [1.54, 1.807) is 0 Å². The Balaban J connectivity index is 1.61. The Morgan fingerprint density at radius 2 is 1.89 bits per heavy atom. The van der Waals surface area contributed by atoms with E-state index in [4.69, 9.17) is 0 Å². The first kappa shape index (κ1) is 12.0. The Kier molecular flexibility index (Phi) is 3.29. The third-order valence-corrected chi connectivity index (χ3v) is 4.18. The molecular weight excluding hydrogens is 292 g/mol. The maximum absolute atomic E-state index is 12.0. The molecule has 0 bridgehead atoms. The van der Waals surface area contributed by atoms with E-state index in [9.17, 15) is 4.79 Å². The smallest absolute Gasteiger partial charge is 0.225 e. The molecule has 0 N–H and O–H groups in total. The second-order valence-electron chi connectivity index (χ2n) is 5.07. The van der Waals surface area contributed by atoms with Crippen molar-refractivity contribution in [2.45, 2.75) is 12.8 Å². The van der Waals surface area contributed by atoms with Crippen molar-refractivity contribution in [1.82, 2.24) is 4.90 Å². The number of anilines is 1. The Labute approximate surface area is 116 Å². The zero-order chi connectivity index (χ0) is 12.5. The van der Waals surface area contributed by atoms with Gasteiger partial charge in [-0.15, -0.1) is 0 Å². The summed E-state index contributed by atoms with van der Waals surface area (Å²) in [5.41, 5.74) is 1.24. The predicted molar refractivity (Wildman–Crippen MR) is 75.7 cm³/mol. The van der Waals surface area contributed by atoms with Crippen LogP contribution in [0.2, 0.25) is 0 Å². The summed E-state index contributed by atoms with van der Waals surface area (Å²) in [4.78, 5) is 16.3. The average molecular weight is 309 g/mol. The van der Waals surface area contributed by atoms with Gasteiger partial charge in [0, 0.05) is 42.3 Å². The molecule has 0 radical (unpaired) electrons. The van der Waals surface area contributed by atoms with E-state index in [1.807, 2.05) is 11.0 Å². The van der Waals surface area contributed by atoms with Crippen LogP contribution in [0.1, 0.15) is 12.8 Å². The van der Waals surface area contributed by atoms with Gasteiger partial charge < -0.3 is 9.80 Å². The molecule has 18 heavy (non-hydrogen) atoms. The van der Waals surface area contributed by atoms with Gasteiger partial charge in [0.15, 0.2) is 0 Å². The van der Waals surface area contributed by atoms with Crippen LogP contribution in [0.4, 0.5) is 5.69 Å². The number of rotatable bonds is 2. The lowest BCUT2D eigenvalue weighted by Gasteiger charge is -2.36. The molecule has 0 aromatic heterocycles. The van der Waals surface area contributed by atoms with Crippen molar-refractivity contribution in [1.29, 1.82) is 0 Å². The summed E-state index contributed by atoms with van der Waals surface area (Å²) in [6.07, 6.45) is 2.20. The van der Waals surface area contributed by atoms with Crippen molar-refractivity contribution in [2.75, 3.05) is 31.1 Å². The summed E-state index contributed by atoms with van der Waals surface area (Å²) in [5, 5.41) is 0. The van der Waals surface area contributed by atoms with Crippen LogP contribution in [0.25, 0.3) is 0 Å². The number of amides is 1. The van der Waals surface area contributed by atoms with Gasteiger partial charge in [-0.3, -0.25) is 4.79 Å². The molecule has 1 amide bonds. The average Bonchev–Trinajstić information content (AvgIpc) is 3.22. The van der Waals surface area contributed by atoms with E-state index < -0.39 is 0 Å². The van der Waals surface area contributed by atoms with Gasteiger partial charge in [0.1, 0.15) is 0 Å². The maximum Gasteiger partial charge on any atom is 0.225 e. The Hall–Kier alpha value is -1.03. The van der Waals surface area contributed by atoms with Crippen LogP contribution < -0.4 is 4.90 Å². The van der Waals surface area contributed by atoms with Gasteiger partial charge in [0.25, 0.3) is 0 Å². The number of piperazine rings is 1. The van der Waals surface area contributed by atoms with Gasteiger partial charge in [-0.05, 0) is 31.0 Å². The number of halogens is 1. The molecule has 96 valence electrons. The molecule has 1 heterocycles. The number of nitrogens with zero attached hydrogens (tertiary/aromatic N) is 2. The summed E-state index contributed by atoms with van der Waals surface area (Å²) in [6.45, 7) is 3.60. The van der Waals surface area contributed by atoms with Crippen molar-refractivity contribution < 1.29 is 4.79 Å². The Bertz CT molecular complexity index is 451. The standard InChI is InChI=1S/C14H17BrN2O/c15-12-2-1-3-13(10-12)16-6-8-17(9-7-16)14(18)11-4-5-11/h1-3,10-11H,4-9H2. The molecule has 3 rings (SSSR count). The van der Waals surface area contributed by atoms with Crippen molar-refractivity contribution in [3.63, 3.8) is 0 Å². The minimum atomic E-state index is 0.349. The van der Waals surface area contributed by atoms with Crippen LogP contribution >= 0.6 is 15.9 Å². The number of benzene rings is 1. The van der Waals surface area contributed by atoms with Crippen LogP contribution in [0.5, 0.6) is 0 Å². The molecule has 2 fully saturated rings. The largest absolute Gasteiger partial charge is 0.368 e. The molecule has 0 spiro atoms. The maximum atomic E-state index is 12.0. The van der Waals surface area contributed by atoms with Gasteiger partial charge in [-0.1, -0.05) is 22.0 Å². The molecule has 1 aromatic rings. The number of hydrogen-bond acceptors (Lipinski definition) is 2. The SMILES string of the molecule is O=C(C1CC1)N1CCN(c2cccc(Br)c2)CC1. The van der Waals surface area contributed by atoms with E-state index in [0.29, 0.717) is 11.8 Å². The number of carbonyl (C=O) groups is 1. The third kappa shape index (κ3) is 2.53. The third-order valence-electron chi connectivity index (χ3n) is 3.69. The van der Waals surface area contributed by atoms with Gasteiger partial charge in [0.2, 0.25) is 5.91 Å². The first-order valence-corrected chi connectivity index (χ1v) is 7.32. The van der Waals surface area contributed by atoms with E-state index in [2.05, 4.69) is 39.0 Å². The minimum absolute atomic E-state index is 0.349. The second kappa shape index (κ2) is 4.92. The Morgan fingerprint density at radius 1 is 1.17 bits per heavy atom. The summed E-state index contributed by atoms with van der Waals surface area (Å²) >= 11 is 3.50. The highest BCUT2D eigenvalue weighted by Crippen LogP contribution is 2.31. The van der Waals surface area contributed by atoms with E-state index in [1.165, 1.54) is 5.69 Å². The van der Waals surface area contributed by atoms with Crippen molar-refractivity contribution in [3.8, 4) is 0 Å². The molecule has 1 aromatic carbocycles. The summed E-state index contributed by atoms with van der Waals surface area (Å²) in [6, 6.07) is 8.36. The predicted octanol–water partition coefficient (Wildman–Crippen LogP) is 2.51. The highest BCUT2D eigenvalue weighted by atomic mass is 79.9. The lowest BCUT2D eigenvalue weighted by molar-refractivity contribution is -0.132. The molecule has 0 atom stereocenters. The molecule has 1 saturated carbocycles.